The van der Waals surface area contributed by atoms with Gasteiger partial charge in [-0.15, -0.1) is 11.3 Å². The van der Waals surface area contributed by atoms with Crippen LogP contribution in [0.25, 0.3) is 0 Å². The van der Waals surface area contributed by atoms with E-state index >= 15 is 0 Å². The lowest BCUT2D eigenvalue weighted by Crippen LogP contribution is -2.13. The van der Waals surface area contributed by atoms with Crippen LogP contribution in [0.5, 0.6) is 5.75 Å². The smallest absolute Gasteiger partial charge is 0.175 e. The lowest BCUT2D eigenvalue weighted by molar-refractivity contribution is -0.120. The molecule has 0 atom stereocenters. The average molecular weight is 295 g/mol. The van der Waals surface area contributed by atoms with E-state index in [-0.39, 0.29) is 12.4 Å². The molecule has 0 fully saturated rings. The summed E-state index contributed by atoms with van der Waals surface area (Å²) in [4.78, 5) is 14.2. The predicted molar refractivity (Wildman–Crippen MR) is 79.4 cm³/mol. The zero-order valence-corrected chi connectivity index (χ0v) is 12.3. The first-order chi connectivity index (χ1) is 9.17. The third-order valence-electron chi connectivity index (χ3n) is 2.65. The summed E-state index contributed by atoms with van der Waals surface area (Å²) in [6.45, 7) is 2.21. The number of ketones is 1. The predicted octanol–water partition coefficient (Wildman–Crippen LogP) is 4.15. The summed E-state index contributed by atoms with van der Waals surface area (Å²) in [5, 5.41) is 0.657. The number of benzene rings is 1. The Labute approximate surface area is 122 Å². The standard InChI is InChI=1S/C15H15ClO2S/c1-2-14-7-8-15(19-14)9-12(17)10-18-13-5-3-11(16)4-6-13/h3-8H,2,9-10H2,1H3. The van der Waals surface area contributed by atoms with Crippen LogP contribution >= 0.6 is 22.9 Å². The van der Waals surface area contributed by atoms with Crippen LogP contribution in [-0.4, -0.2) is 12.4 Å². The van der Waals surface area contributed by atoms with E-state index in [4.69, 9.17) is 16.3 Å². The molecule has 0 radical (unpaired) electrons. The largest absolute Gasteiger partial charge is 0.486 e. The van der Waals surface area contributed by atoms with Gasteiger partial charge in [-0.05, 0) is 42.8 Å². The van der Waals surface area contributed by atoms with Crippen LogP contribution in [0.3, 0.4) is 0 Å². The molecule has 2 rings (SSSR count). The van der Waals surface area contributed by atoms with E-state index < -0.39 is 0 Å². The number of carbonyl (C=O) groups is 1. The Hall–Kier alpha value is -1.32. The van der Waals surface area contributed by atoms with Crippen LogP contribution in [-0.2, 0) is 17.6 Å². The highest BCUT2D eigenvalue weighted by atomic mass is 35.5. The highest BCUT2D eigenvalue weighted by Crippen LogP contribution is 2.18. The van der Waals surface area contributed by atoms with Gasteiger partial charge in [-0.3, -0.25) is 4.79 Å². The van der Waals surface area contributed by atoms with E-state index in [1.54, 1.807) is 35.6 Å². The van der Waals surface area contributed by atoms with Crippen LogP contribution in [0.4, 0.5) is 0 Å². The molecule has 1 heterocycles. The fourth-order valence-corrected chi connectivity index (χ4v) is 2.76. The van der Waals surface area contributed by atoms with Gasteiger partial charge < -0.3 is 4.74 Å². The highest BCUT2D eigenvalue weighted by molar-refractivity contribution is 7.12. The van der Waals surface area contributed by atoms with Gasteiger partial charge in [0.05, 0.1) is 0 Å². The molecule has 0 aliphatic carbocycles. The Kier molecular flexibility index (Phi) is 5.00. The number of halogens is 1. The van der Waals surface area contributed by atoms with Gasteiger partial charge in [-0.2, -0.15) is 0 Å². The fourth-order valence-electron chi connectivity index (χ4n) is 1.65. The summed E-state index contributed by atoms with van der Waals surface area (Å²) in [5.41, 5.74) is 0. The number of thiophene rings is 1. The molecular weight excluding hydrogens is 280 g/mol. The van der Waals surface area contributed by atoms with E-state index in [2.05, 4.69) is 13.0 Å². The first kappa shape index (κ1) is 14.1. The molecule has 19 heavy (non-hydrogen) atoms. The molecule has 4 heteroatoms. The van der Waals surface area contributed by atoms with Crippen molar-refractivity contribution in [1.82, 2.24) is 0 Å². The number of Topliss-reactive ketones (excluding diaryl/α,β-unsaturated/α-hetero) is 1. The second-order valence-electron chi connectivity index (χ2n) is 4.18. The molecular formula is C15H15ClO2S. The Bertz CT molecular complexity index is 546. The normalized spacial score (nSPS) is 10.4. The summed E-state index contributed by atoms with van der Waals surface area (Å²) in [7, 11) is 0. The lowest BCUT2D eigenvalue weighted by atomic mass is 10.2. The fraction of sp³-hybridized carbons (Fsp3) is 0.267. The SMILES string of the molecule is CCc1ccc(CC(=O)COc2ccc(Cl)cc2)s1. The quantitative estimate of drug-likeness (QED) is 0.800. The Morgan fingerprint density at radius 2 is 1.84 bits per heavy atom. The van der Waals surface area contributed by atoms with Gasteiger partial charge in [0.15, 0.2) is 5.78 Å². The van der Waals surface area contributed by atoms with Crippen molar-refractivity contribution < 1.29 is 9.53 Å². The molecule has 0 aliphatic rings. The number of ether oxygens (including phenoxy) is 1. The van der Waals surface area contributed by atoms with Crippen molar-refractivity contribution in [2.75, 3.05) is 6.61 Å². The van der Waals surface area contributed by atoms with Crippen molar-refractivity contribution in [3.63, 3.8) is 0 Å². The van der Waals surface area contributed by atoms with Crippen LogP contribution < -0.4 is 4.74 Å². The number of carbonyl (C=O) groups excluding carboxylic acids is 1. The molecule has 0 unspecified atom stereocenters. The molecule has 0 saturated carbocycles. The summed E-state index contributed by atoms with van der Waals surface area (Å²) in [6, 6.07) is 11.1. The minimum Gasteiger partial charge on any atom is -0.486 e. The van der Waals surface area contributed by atoms with Gasteiger partial charge in [-0.1, -0.05) is 18.5 Å². The second-order valence-corrected chi connectivity index (χ2v) is 5.87. The molecule has 0 N–H and O–H groups in total. The molecule has 0 aliphatic heterocycles. The molecule has 2 nitrogen and oxygen atoms in total. The molecule has 100 valence electrons. The van der Waals surface area contributed by atoms with Crippen LogP contribution in [0.15, 0.2) is 36.4 Å². The van der Waals surface area contributed by atoms with E-state index in [1.807, 2.05) is 6.07 Å². The van der Waals surface area contributed by atoms with Crippen molar-refractivity contribution in [3.8, 4) is 5.75 Å². The van der Waals surface area contributed by atoms with Gasteiger partial charge in [0.25, 0.3) is 0 Å². The number of aryl methyl sites for hydroxylation is 1. The summed E-state index contributed by atoms with van der Waals surface area (Å²) < 4.78 is 5.42. The molecule has 0 bridgehead atoms. The van der Waals surface area contributed by atoms with Crippen molar-refractivity contribution in [3.05, 3.63) is 51.2 Å². The van der Waals surface area contributed by atoms with E-state index in [9.17, 15) is 4.79 Å². The monoisotopic (exact) mass is 294 g/mol. The summed E-state index contributed by atoms with van der Waals surface area (Å²) in [5.74, 6) is 0.748. The first-order valence-corrected chi connectivity index (χ1v) is 7.34. The zero-order chi connectivity index (χ0) is 13.7. The van der Waals surface area contributed by atoms with Crippen molar-refractivity contribution in [1.29, 1.82) is 0 Å². The average Bonchev–Trinajstić information content (AvgIpc) is 2.86. The first-order valence-electron chi connectivity index (χ1n) is 6.15. The molecule has 0 spiro atoms. The van der Waals surface area contributed by atoms with Gasteiger partial charge in [0.1, 0.15) is 12.4 Å². The van der Waals surface area contributed by atoms with Crippen molar-refractivity contribution in [2.24, 2.45) is 0 Å². The maximum Gasteiger partial charge on any atom is 0.175 e. The highest BCUT2D eigenvalue weighted by Gasteiger charge is 2.07. The second kappa shape index (κ2) is 6.73. The number of rotatable bonds is 6. The number of hydrogen-bond acceptors (Lipinski definition) is 3. The van der Waals surface area contributed by atoms with Gasteiger partial charge >= 0.3 is 0 Å². The topological polar surface area (TPSA) is 26.3 Å². The zero-order valence-electron chi connectivity index (χ0n) is 10.7. The van der Waals surface area contributed by atoms with E-state index in [1.165, 1.54) is 4.88 Å². The third-order valence-corrected chi connectivity index (χ3v) is 4.13. The summed E-state index contributed by atoms with van der Waals surface area (Å²) >= 11 is 7.47. The van der Waals surface area contributed by atoms with Crippen LogP contribution in [0.1, 0.15) is 16.7 Å². The van der Waals surface area contributed by atoms with E-state index in [0.717, 1.165) is 11.3 Å². The molecule has 1 aromatic carbocycles. The lowest BCUT2D eigenvalue weighted by Gasteiger charge is -2.04. The maximum absolute atomic E-state index is 11.8. The Morgan fingerprint density at radius 3 is 2.47 bits per heavy atom. The molecule has 1 aromatic heterocycles. The maximum atomic E-state index is 11.8. The molecule has 0 amide bonds. The van der Waals surface area contributed by atoms with Crippen molar-refractivity contribution in [2.45, 2.75) is 19.8 Å². The minimum absolute atomic E-state index is 0.0828. The third kappa shape index (κ3) is 4.37. The minimum atomic E-state index is 0.0828. The van der Waals surface area contributed by atoms with Gasteiger partial charge in [0, 0.05) is 21.2 Å². The Balaban J connectivity index is 1.82. The molecule has 2 aromatic rings. The summed E-state index contributed by atoms with van der Waals surface area (Å²) in [6.07, 6.45) is 1.46. The van der Waals surface area contributed by atoms with Gasteiger partial charge in [0.2, 0.25) is 0 Å². The Morgan fingerprint density at radius 1 is 1.16 bits per heavy atom. The number of hydrogen-bond donors (Lipinski definition) is 0. The van der Waals surface area contributed by atoms with Gasteiger partial charge in [-0.25, -0.2) is 0 Å². The van der Waals surface area contributed by atoms with Crippen LogP contribution in [0.2, 0.25) is 5.02 Å². The van der Waals surface area contributed by atoms with Crippen molar-refractivity contribution >= 4 is 28.7 Å². The van der Waals surface area contributed by atoms with E-state index in [0.29, 0.717) is 17.2 Å². The molecule has 0 saturated heterocycles. The van der Waals surface area contributed by atoms with Crippen LogP contribution in [0, 0.1) is 0 Å².